The van der Waals surface area contributed by atoms with E-state index in [-0.39, 0.29) is 24.1 Å². The number of amides is 1. The van der Waals surface area contributed by atoms with Crippen LogP contribution in [0.1, 0.15) is 42.4 Å². The van der Waals surface area contributed by atoms with Crippen LogP contribution in [0.5, 0.6) is 0 Å². The smallest absolute Gasteiger partial charge is 0.332 e. The molecule has 2 aromatic heterocycles. The highest BCUT2D eigenvalue weighted by Gasteiger charge is 2.47. The number of rotatable bonds is 4. The Hall–Kier alpha value is -2.44. The summed E-state index contributed by atoms with van der Waals surface area (Å²) in [5.74, 6) is 1.77. The van der Waals surface area contributed by atoms with E-state index in [9.17, 15) is 9.59 Å². The van der Waals surface area contributed by atoms with Crippen LogP contribution in [-0.2, 0) is 18.3 Å². The molecule has 1 saturated carbocycles. The van der Waals surface area contributed by atoms with Crippen LogP contribution >= 0.6 is 0 Å². The molecule has 132 valence electrons. The molecule has 4 rings (SSSR count). The number of likely N-dealkylation sites (tertiary alicyclic amines) is 1. The van der Waals surface area contributed by atoms with Crippen molar-refractivity contribution >= 4 is 5.91 Å². The first-order valence-electron chi connectivity index (χ1n) is 8.87. The molecule has 2 aromatic rings. The van der Waals surface area contributed by atoms with Crippen LogP contribution in [0.3, 0.4) is 0 Å². The number of pyridine rings is 1. The normalized spacial score (nSPS) is 23.2. The molecule has 1 amide bonds. The van der Waals surface area contributed by atoms with Crippen molar-refractivity contribution < 1.29 is 4.79 Å². The van der Waals surface area contributed by atoms with Gasteiger partial charge >= 0.3 is 5.69 Å². The van der Waals surface area contributed by atoms with Crippen molar-refractivity contribution in [1.29, 1.82) is 0 Å². The van der Waals surface area contributed by atoms with Gasteiger partial charge in [-0.05, 0) is 55.7 Å². The minimum Gasteiger partial charge on any atom is -0.332 e. The number of nitrogens with zero attached hydrogens (tertiary/aromatic N) is 4. The number of aryl methyl sites for hydroxylation is 1. The average Bonchev–Trinajstić information content (AvgIpc) is 3.25. The van der Waals surface area contributed by atoms with Crippen molar-refractivity contribution in [3.05, 3.63) is 45.9 Å². The lowest BCUT2D eigenvalue weighted by atomic mass is 9.94. The highest BCUT2D eigenvalue weighted by atomic mass is 16.2. The second-order valence-electron chi connectivity index (χ2n) is 7.27. The van der Waals surface area contributed by atoms with E-state index >= 15 is 0 Å². The Labute approximate surface area is 146 Å². The lowest BCUT2D eigenvalue weighted by Gasteiger charge is -2.27. The van der Waals surface area contributed by atoms with Gasteiger partial charge in [0.05, 0.1) is 12.5 Å². The van der Waals surface area contributed by atoms with Gasteiger partial charge in [0, 0.05) is 25.5 Å². The Morgan fingerprint density at radius 3 is 2.80 bits per heavy atom. The van der Waals surface area contributed by atoms with Gasteiger partial charge in [0.1, 0.15) is 0 Å². The van der Waals surface area contributed by atoms with Crippen LogP contribution in [0, 0.1) is 18.8 Å². The van der Waals surface area contributed by atoms with E-state index in [4.69, 9.17) is 0 Å². The summed E-state index contributed by atoms with van der Waals surface area (Å²) in [4.78, 5) is 31.0. The summed E-state index contributed by atoms with van der Waals surface area (Å²) in [6.07, 6.45) is 5.42. The lowest BCUT2D eigenvalue weighted by molar-refractivity contribution is -0.132. The number of carbonyl (C=O) groups is 1. The molecule has 0 spiro atoms. The molecule has 0 bridgehead atoms. The first-order chi connectivity index (χ1) is 12.0. The molecule has 2 atom stereocenters. The number of hydrogen-bond acceptors (Lipinski definition) is 4. The van der Waals surface area contributed by atoms with Crippen LogP contribution in [0.4, 0.5) is 0 Å². The third kappa shape index (κ3) is 2.99. The quantitative estimate of drug-likeness (QED) is 0.910. The average molecular weight is 341 g/mol. The first-order valence-corrected chi connectivity index (χ1v) is 8.87. The molecule has 25 heavy (non-hydrogen) atoms. The summed E-state index contributed by atoms with van der Waals surface area (Å²) >= 11 is 0. The number of aromatic nitrogens is 4. The molecule has 2 aliphatic rings. The van der Waals surface area contributed by atoms with E-state index in [2.05, 4.69) is 15.2 Å². The van der Waals surface area contributed by atoms with E-state index in [0.29, 0.717) is 17.7 Å². The van der Waals surface area contributed by atoms with Crippen molar-refractivity contribution in [3.8, 4) is 0 Å². The zero-order valence-electron chi connectivity index (χ0n) is 14.6. The van der Waals surface area contributed by atoms with Gasteiger partial charge < -0.3 is 4.90 Å². The Morgan fingerprint density at radius 2 is 2.16 bits per heavy atom. The molecule has 1 saturated heterocycles. The predicted octanol–water partition coefficient (Wildman–Crippen LogP) is 1.35. The van der Waals surface area contributed by atoms with Crippen molar-refractivity contribution in [2.45, 2.75) is 38.6 Å². The van der Waals surface area contributed by atoms with Crippen molar-refractivity contribution in [2.75, 3.05) is 6.54 Å². The summed E-state index contributed by atoms with van der Waals surface area (Å²) in [7, 11) is 1.72. The third-order valence-electron chi connectivity index (χ3n) is 5.48. The van der Waals surface area contributed by atoms with Crippen LogP contribution in [-0.4, -0.2) is 37.1 Å². The maximum absolute atomic E-state index is 13.0. The highest BCUT2D eigenvalue weighted by Crippen LogP contribution is 2.49. The number of carbonyl (C=O) groups excluding carboxylic acids is 1. The van der Waals surface area contributed by atoms with Crippen LogP contribution in [0.15, 0.2) is 23.1 Å². The Bertz CT molecular complexity index is 851. The highest BCUT2D eigenvalue weighted by molar-refractivity contribution is 5.79. The molecule has 1 N–H and O–H groups in total. The number of hydrogen-bond donors (Lipinski definition) is 1. The molecule has 0 aromatic carbocycles. The molecule has 1 aliphatic heterocycles. The summed E-state index contributed by atoms with van der Waals surface area (Å²) in [5.41, 5.74) is 1.65. The monoisotopic (exact) mass is 341 g/mol. The molecule has 2 unspecified atom stereocenters. The van der Waals surface area contributed by atoms with Gasteiger partial charge in [-0.25, -0.2) is 9.89 Å². The summed E-state index contributed by atoms with van der Waals surface area (Å²) in [6.45, 7) is 2.72. The summed E-state index contributed by atoms with van der Waals surface area (Å²) in [5, 5.41) is 6.74. The molecule has 3 heterocycles. The fourth-order valence-electron chi connectivity index (χ4n) is 4.02. The number of nitrogens with one attached hydrogen (secondary N) is 1. The van der Waals surface area contributed by atoms with Crippen LogP contribution in [0.2, 0.25) is 0 Å². The van der Waals surface area contributed by atoms with Gasteiger partial charge in [0.15, 0.2) is 5.82 Å². The van der Waals surface area contributed by atoms with Crippen molar-refractivity contribution in [3.63, 3.8) is 0 Å². The fourth-order valence-corrected chi connectivity index (χ4v) is 4.02. The van der Waals surface area contributed by atoms with E-state index in [1.165, 1.54) is 17.4 Å². The largest absolute Gasteiger partial charge is 0.343 e. The zero-order valence-corrected chi connectivity index (χ0v) is 14.6. The van der Waals surface area contributed by atoms with Gasteiger partial charge in [-0.15, -0.1) is 0 Å². The Balaban J connectivity index is 1.61. The van der Waals surface area contributed by atoms with Gasteiger partial charge in [0.25, 0.3) is 0 Å². The molecule has 0 radical (unpaired) electrons. The van der Waals surface area contributed by atoms with Gasteiger partial charge in [-0.3, -0.25) is 14.3 Å². The second-order valence-corrected chi connectivity index (χ2v) is 7.27. The topological polar surface area (TPSA) is 83.9 Å². The summed E-state index contributed by atoms with van der Waals surface area (Å²) < 4.78 is 1.54. The van der Waals surface area contributed by atoms with E-state index in [1.54, 1.807) is 13.2 Å². The zero-order chi connectivity index (χ0) is 17.6. The maximum atomic E-state index is 13.0. The Kier molecular flexibility index (Phi) is 3.94. The molecular formula is C18H23N5O2. The fraction of sp³-hybridized carbons (Fsp3) is 0.556. The minimum absolute atomic E-state index is 0.0571. The first kappa shape index (κ1) is 16.1. The SMILES string of the molecule is Cc1ccnc(CC(=O)N2CCC(C3CC3)C2c2n[nH]c(=O)n2C)c1. The van der Waals surface area contributed by atoms with Crippen molar-refractivity contribution in [2.24, 2.45) is 18.9 Å². The molecule has 7 nitrogen and oxygen atoms in total. The van der Waals surface area contributed by atoms with Gasteiger partial charge in [-0.2, -0.15) is 5.10 Å². The summed E-state index contributed by atoms with van der Waals surface area (Å²) in [6, 6.07) is 3.76. The number of aromatic amines is 1. The van der Waals surface area contributed by atoms with Gasteiger partial charge in [0.2, 0.25) is 5.91 Å². The van der Waals surface area contributed by atoms with E-state index < -0.39 is 0 Å². The van der Waals surface area contributed by atoms with Gasteiger partial charge in [-0.1, -0.05) is 0 Å². The van der Waals surface area contributed by atoms with Crippen LogP contribution < -0.4 is 5.69 Å². The molecule has 2 fully saturated rings. The molecule has 7 heteroatoms. The minimum atomic E-state index is -0.232. The number of H-pyrrole nitrogens is 1. The van der Waals surface area contributed by atoms with E-state index in [1.807, 2.05) is 24.0 Å². The standard InChI is InChI=1S/C18H23N5O2/c1-11-5-7-19-13(9-11)10-15(24)23-8-6-14(12-3-4-12)16(23)17-20-21-18(25)22(17)2/h5,7,9,12,14,16H,3-4,6,8,10H2,1-2H3,(H,21,25). The van der Waals surface area contributed by atoms with Crippen LogP contribution in [0.25, 0.3) is 0 Å². The molecule has 1 aliphatic carbocycles. The second kappa shape index (κ2) is 6.13. The third-order valence-corrected chi connectivity index (χ3v) is 5.48. The van der Waals surface area contributed by atoms with E-state index in [0.717, 1.165) is 24.2 Å². The van der Waals surface area contributed by atoms with Crippen molar-refractivity contribution in [1.82, 2.24) is 24.6 Å². The Morgan fingerprint density at radius 1 is 1.36 bits per heavy atom. The molecular weight excluding hydrogens is 318 g/mol. The maximum Gasteiger partial charge on any atom is 0.343 e. The lowest BCUT2D eigenvalue weighted by Crippen LogP contribution is -2.35. The predicted molar refractivity (Wildman–Crippen MR) is 91.8 cm³/mol.